The van der Waals surface area contributed by atoms with Gasteiger partial charge in [0.25, 0.3) is 0 Å². The Morgan fingerprint density at radius 1 is 1.29 bits per heavy atom. The first-order chi connectivity index (χ1) is 7.95. The van der Waals surface area contributed by atoms with Gasteiger partial charge < -0.3 is 4.74 Å². The number of esters is 1. The van der Waals surface area contributed by atoms with Gasteiger partial charge in [-0.3, -0.25) is 0 Å². The molecule has 0 amide bonds. The predicted molar refractivity (Wildman–Crippen MR) is 74.1 cm³/mol. The minimum absolute atomic E-state index is 0.250. The smallest absolute Gasteiger partial charge is 0.330 e. The first-order valence-electron chi connectivity index (χ1n) is 5.89. The molecule has 0 aliphatic heterocycles. The molecule has 1 rings (SSSR count). The number of carbonyl (C=O) groups is 1. The van der Waals surface area contributed by atoms with Crippen LogP contribution in [0.1, 0.15) is 12.5 Å². The molecule has 0 spiro atoms. The quantitative estimate of drug-likeness (QED) is 0.465. The average Bonchev–Trinajstić information content (AvgIpc) is 2.28. The first kappa shape index (κ1) is 13.7. The Hall–Kier alpha value is -1.35. The van der Waals surface area contributed by atoms with Crippen LogP contribution in [0.2, 0.25) is 13.1 Å². The van der Waals surface area contributed by atoms with Crippen LogP contribution in [0.3, 0.4) is 0 Å². The van der Waals surface area contributed by atoms with Crippen LogP contribution in [0.5, 0.6) is 0 Å². The van der Waals surface area contributed by atoms with Gasteiger partial charge in [-0.2, -0.15) is 0 Å². The molecule has 2 nitrogen and oxygen atoms in total. The number of hydrogen-bond acceptors (Lipinski definition) is 2. The molecule has 0 saturated heterocycles. The van der Waals surface area contributed by atoms with Crippen molar-refractivity contribution in [1.29, 1.82) is 0 Å². The fraction of sp³-hybridized carbons (Fsp3) is 0.357. The van der Waals surface area contributed by atoms with Crippen molar-refractivity contribution in [3.63, 3.8) is 0 Å². The summed E-state index contributed by atoms with van der Waals surface area (Å²) in [6.07, 6.45) is 1.57. The van der Waals surface area contributed by atoms with E-state index in [1.165, 1.54) is 10.8 Å². The zero-order valence-electron chi connectivity index (χ0n) is 11.0. The van der Waals surface area contributed by atoms with Crippen LogP contribution < -0.4 is 5.19 Å². The maximum absolute atomic E-state index is 11.3. The van der Waals surface area contributed by atoms with Gasteiger partial charge in [0.1, 0.15) is 8.07 Å². The van der Waals surface area contributed by atoms with Gasteiger partial charge in [-0.15, -0.1) is 0 Å². The third kappa shape index (κ3) is 4.19. The maximum atomic E-state index is 11.3. The van der Waals surface area contributed by atoms with Crippen LogP contribution in [0.25, 0.3) is 0 Å². The third-order valence-electron chi connectivity index (χ3n) is 2.72. The summed E-state index contributed by atoms with van der Waals surface area (Å²) in [4.78, 5) is 11.3. The van der Waals surface area contributed by atoms with Crippen molar-refractivity contribution >= 4 is 19.2 Å². The molecule has 0 aliphatic carbocycles. The molecule has 0 fully saturated rings. The minimum Gasteiger partial charge on any atom is -0.463 e. The Morgan fingerprint density at radius 3 is 2.41 bits per heavy atom. The van der Waals surface area contributed by atoms with Gasteiger partial charge in [-0.05, 0) is 13.8 Å². The normalized spacial score (nSPS) is 11.8. The number of hydrogen-bond donors (Lipinski definition) is 0. The molecule has 17 heavy (non-hydrogen) atoms. The summed E-state index contributed by atoms with van der Waals surface area (Å²) >= 11 is 0. The number of rotatable bonds is 4. The summed E-state index contributed by atoms with van der Waals surface area (Å²) in [6, 6.07) is 8.53. The van der Waals surface area contributed by atoms with E-state index in [4.69, 9.17) is 4.74 Å². The number of carbonyl (C=O) groups excluding carboxylic acids is 1. The highest BCUT2D eigenvalue weighted by atomic mass is 28.3. The van der Waals surface area contributed by atoms with E-state index in [0.717, 1.165) is 0 Å². The molecule has 0 N–H and O–H groups in total. The van der Waals surface area contributed by atoms with Crippen molar-refractivity contribution in [3.05, 3.63) is 41.6 Å². The molecule has 3 heteroatoms. The number of benzene rings is 1. The van der Waals surface area contributed by atoms with Gasteiger partial charge in [-0.1, -0.05) is 53.8 Å². The summed E-state index contributed by atoms with van der Waals surface area (Å²) in [5, 5.41) is 1.32. The Balaban J connectivity index is 2.80. The molecular weight excluding hydrogens is 228 g/mol. The van der Waals surface area contributed by atoms with E-state index in [1.54, 1.807) is 6.08 Å². The molecule has 92 valence electrons. The second-order valence-electron chi connectivity index (χ2n) is 4.67. The van der Waals surface area contributed by atoms with E-state index in [1.807, 2.05) is 12.6 Å². The van der Waals surface area contributed by atoms with E-state index in [2.05, 4.69) is 44.3 Å². The van der Waals surface area contributed by atoms with E-state index < -0.39 is 8.07 Å². The summed E-state index contributed by atoms with van der Waals surface area (Å²) in [5.41, 5.74) is 3.28. The molecule has 1 aromatic carbocycles. The van der Waals surface area contributed by atoms with Crippen LogP contribution in [-0.2, 0) is 9.53 Å². The van der Waals surface area contributed by atoms with Crippen LogP contribution in [0.4, 0.5) is 0 Å². The lowest BCUT2D eigenvalue weighted by Crippen LogP contribution is -2.39. The predicted octanol–water partition coefficient (Wildman–Crippen LogP) is 2.57. The van der Waals surface area contributed by atoms with E-state index >= 15 is 0 Å². The fourth-order valence-corrected chi connectivity index (χ4v) is 3.32. The second kappa shape index (κ2) is 5.82. The molecule has 0 atom stereocenters. The van der Waals surface area contributed by atoms with Crippen molar-refractivity contribution in [2.45, 2.75) is 26.9 Å². The molecule has 0 unspecified atom stereocenters. The number of ether oxygens (including phenoxy) is 1. The Kier molecular flexibility index (Phi) is 4.69. The maximum Gasteiger partial charge on any atom is 0.330 e. The first-order valence-corrected chi connectivity index (χ1v) is 8.96. The SMILES string of the molecule is CCOC(=O)/C=C/[Si](C)(C)c1ccc(C)cc1. The summed E-state index contributed by atoms with van der Waals surface area (Å²) in [7, 11) is -1.68. The Morgan fingerprint density at radius 2 is 1.88 bits per heavy atom. The highest BCUT2D eigenvalue weighted by Gasteiger charge is 2.19. The molecule has 0 aliphatic rings. The largest absolute Gasteiger partial charge is 0.463 e. The van der Waals surface area contributed by atoms with Gasteiger partial charge in [-0.25, -0.2) is 4.79 Å². The van der Waals surface area contributed by atoms with Gasteiger partial charge in [0.05, 0.1) is 6.61 Å². The standard InChI is InChI=1S/C14H20O2Si/c1-5-16-14(15)10-11-17(3,4)13-8-6-12(2)7-9-13/h6-11H,5H2,1-4H3/b11-10+. The van der Waals surface area contributed by atoms with Crippen LogP contribution in [0.15, 0.2) is 36.0 Å². The number of aryl methyl sites for hydroxylation is 1. The lowest BCUT2D eigenvalue weighted by Gasteiger charge is -2.18. The van der Waals surface area contributed by atoms with E-state index in [0.29, 0.717) is 6.61 Å². The van der Waals surface area contributed by atoms with E-state index in [-0.39, 0.29) is 5.97 Å². The van der Waals surface area contributed by atoms with Crippen LogP contribution in [-0.4, -0.2) is 20.7 Å². The van der Waals surface area contributed by atoms with Crippen molar-refractivity contribution in [2.75, 3.05) is 6.61 Å². The van der Waals surface area contributed by atoms with Gasteiger partial charge in [0, 0.05) is 6.08 Å². The molecule has 1 aromatic rings. The van der Waals surface area contributed by atoms with Gasteiger partial charge >= 0.3 is 5.97 Å². The van der Waals surface area contributed by atoms with Crippen molar-refractivity contribution in [1.82, 2.24) is 0 Å². The van der Waals surface area contributed by atoms with Gasteiger partial charge in [0.15, 0.2) is 0 Å². The lowest BCUT2D eigenvalue weighted by molar-refractivity contribution is -0.137. The second-order valence-corrected chi connectivity index (χ2v) is 9.03. The van der Waals surface area contributed by atoms with Crippen molar-refractivity contribution in [3.8, 4) is 0 Å². The highest BCUT2D eigenvalue weighted by Crippen LogP contribution is 2.06. The topological polar surface area (TPSA) is 26.3 Å². The molecule has 0 bridgehead atoms. The molecule has 0 saturated carbocycles. The summed E-state index contributed by atoms with van der Waals surface area (Å²) in [5.74, 6) is -0.250. The van der Waals surface area contributed by atoms with E-state index in [9.17, 15) is 4.79 Å². The van der Waals surface area contributed by atoms with Crippen LogP contribution >= 0.6 is 0 Å². The monoisotopic (exact) mass is 248 g/mol. The average molecular weight is 248 g/mol. The molecule has 0 aromatic heterocycles. The zero-order valence-corrected chi connectivity index (χ0v) is 12.0. The molecule has 0 heterocycles. The molecular formula is C14H20O2Si. The third-order valence-corrected chi connectivity index (χ3v) is 5.54. The van der Waals surface area contributed by atoms with Crippen molar-refractivity contribution < 1.29 is 9.53 Å². The minimum atomic E-state index is -1.68. The van der Waals surface area contributed by atoms with Crippen molar-refractivity contribution in [2.24, 2.45) is 0 Å². The Bertz CT molecular complexity index is 405. The Labute approximate surface area is 104 Å². The molecule has 0 radical (unpaired) electrons. The van der Waals surface area contributed by atoms with Gasteiger partial charge in [0.2, 0.25) is 0 Å². The van der Waals surface area contributed by atoms with Crippen LogP contribution in [0, 0.1) is 6.92 Å². The summed E-state index contributed by atoms with van der Waals surface area (Å²) < 4.78 is 4.89. The summed E-state index contributed by atoms with van der Waals surface area (Å²) in [6.45, 7) is 8.75. The highest BCUT2D eigenvalue weighted by molar-refractivity contribution is 6.94. The zero-order chi connectivity index (χ0) is 12.9. The lowest BCUT2D eigenvalue weighted by atomic mass is 10.2. The fourth-order valence-electron chi connectivity index (χ4n) is 1.55.